The van der Waals surface area contributed by atoms with Crippen molar-refractivity contribution in [2.45, 2.75) is 26.5 Å². The van der Waals surface area contributed by atoms with E-state index in [9.17, 15) is 5.11 Å². The summed E-state index contributed by atoms with van der Waals surface area (Å²) in [7, 11) is 0. The molecule has 0 saturated carbocycles. The molecule has 4 nitrogen and oxygen atoms in total. The number of aliphatic hydroxyl groups excluding tert-OH is 1. The molecule has 0 fully saturated rings. The largest absolute Gasteiger partial charge is 0.392 e. The highest BCUT2D eigenvalue weighted by Crippen LogP contribution is 2.26. The Bertz CT molecular complexity index is 851. The number of hydrogen-bond acceptors (Lipinski definition) is 4. The highest BCUT2D eigenvalue weighted by Gasteiger charge is 2.11. The molecule has 3 aromatic rings. The molecule has 0 aliphatic heterocycles. The van der Waals surface area contributed by atoms with E-state index in [1.165, 1.54) is 0 Å². The highest BCUT2D eigenvalue weighted by molar-refractivity contribution is 6.30. The van der Waals surface area contributed by atoms with Gasteiger partial charge in [0.2, 0.25) is 0 Å². The number of aryl methyl sites for hydroxylation is 1. The van der Waals surface area contributed by atoms with Crippen LogP contribution in [-0.4, -0.2) is 15.1 Å². The number of fused-ring (bicyclic) bond motifs is 1. The third kappa shape index (κ3) is 3.44. The topological polar surface area (TPSA) is 58.0 Å². The minimum atomic E-state index is -0.00684. The van der Waals surface area contributed by atoms with Crippen LogP contribution < -0.4 is 5.32 Å². The SMILES string of the molecule is Cc1nc(N[C@H](C)c2cccc(Cl)c2)c2cc(CO)ccc2n1. The second-order valence-electron chi connectivity index (χ2n) is 5.55. The van der Waals surface area contributed by atoms with Gasteiger partial charge in [-0.1, -0.05) is 29.8 Å². The van der Waals surface area contributed by atoms with Gasteiger partial charge in [0.05, 0.1) is 18.2 Å². The van der Waals surface area contributed by atoms with Crippen molar-refractivity contribution in [1.29, 1.82) is 0 Å². The normalized spacial score (nSPS) is 12.3. The molecule has 2 aromatic carbocycles. The Hall–Kier alpha value is -2.17. The number of rotatable bonds is 4. The summed E-state index contributed by atoms with van der Waals surface area (Å²) in [5.74, 6) is 1.46. The Morgan fingerprint density at radius 3 is 2.74 bits per heavy atom. The molecule has 118 valence electrons. The highest BCUT2D eigenvalue weighted by atomic mass is 35.5. The first-order valence-corrected chi connectivity index (χ1v) is 7.85. The third-order valence-electron chi connectivity index (χ3n) is 3.76. The molecular formula is C18H18ClN3O. The van der Waals surface area contributed by atoms with E-state index in [1.54, 1.807) is 0 Å². The molecule has 0 bridgehead atoms. The quantitative estimate of drug-likeness (QED) is 0.752. The van der Waals surface area contributed by atoms with Crippen LogP contribution in [0.4, 0.5) is 5.82 Å². The van der Waals surface area contributed by atoms with Crippen LogP contribution in [0.3, 0.4) is 0 Å². The van der Waals surface area contributed by atoms with E-state index in [4.69, 9.17) is 11.6 Å². The maximum atomic E-state index is 9.36. The standard InChI is InChI=1S/C18H18ClN3O/c1-11(14-4-3-5-15(19)9-14)20-18-16-8-13(10-23)6-7-17(16)21-12(2)22-18/h3-9,11,23H,10H2,1-2H3,(H,20,21,22)/t11-/m1/s1. The van der Waals surface area contributed by atoms with Crippen molar-refractivity contribution >= 4 is 28.3 Å². The lowest BCUT2D eigenvalue weighted by molar-refractivity contribution is 0.282. The Labute approximate surface area is 140 Å². The van der Waals surface area contributed by atoms with Crippen LogP contribution in [0.15, 0.2) is 42.5 Å². The lowest BCUT2D eigenvalue weighted by atomic mass is 10.1. The van der Waals surface area contributed by atoms with Gasteiger partial charge in [-0.2, -0.15) is 0 Å². The molecule has 5 heteroatoms. The van der Waals surface area contributed by atoms with Gasteiger partial charge in [-0.25, -0.2) is 9.97 Å². The van der Waals surface area contributed by atoms with Crippen molar-refractivity contribution in [2.75, 3.05) is 5.32 Å². The van der Waals surface area contributed by atoms with Gasteiger partial charge < -0.3 is 10.4 Å². The Balaban J connectivity index is 2.01. The van der Waals surface area contributed by atoms with Crippen molar-refractivity contribution in [1.82, 2.24) is 9.97 Å². The average Bonchev–Trinajstić information content (AvgIpc) is 2.54. The Morgan fingerprint density at radius 1 is 1.17 bits per heavy atom. The fourth-order valence-corrected chi connectivity index (χ4v) is 2.76. The summed E-state index contributed by atoms with van der Waals surface area (Å²) in [4.78, 5) is 8.98. The first-order valence-electron chi connectivity index (χ1n) is 7.47. The molecule has 0 unspecified atom stereocenters. The number of halogens is 1. The summed E-state index contributed by atoms with van der Waals surface area (Å²) in [5.41, 5.74) is 2.78. The van der Waals surface area contributed by atoms with Crippen LogP contribution in [-0.2, 0) is 6.61 Å². The van der Waals surface area contributed by atoms with E-state index < -0.39 is 0 Å². The van der Waals surface area contributed by atoms with E-state index in [1.807, 2.05) is 49.4 Å². The summed E-state index contributed by atoms with van der Waals surface area (Å²) in [6, 6.07) is 13.5. The first kappa shape index (κ1) is 15.7. The summed E-state index contributed by atoms with van der Waals surface area (Å²) in [6.45, 7) is 3.92. The molecule has 1 atom stereocenters. The molecule has 0 radical (unpaired) electrons. The van der Waals surface area contributed by atoms with Crippen LogP contribution >= 0.6 is 11.6 Å². The fraction of sp³-hybridized carbons (Fsp3) is 0.222. The van der Waals surface area contributed by atoms with E-state index >= 15 is 0 Å². The predicted molar refractivity (Wildman–Crippen MR) is 93.7 cm³/mol. The van der Waals surface area contributed by atoms with Gasteiger partial charge in [-0.15, -0.1) is 0 Å². The van der Waals surface area contributed by atoms with Crippen LogP contribution in [0.1, 0.15) is 29.9 Å². The number of nitrogens with one attached hydrogen (secondary N) is 1. The number of anilines is 1. The Morgan fingerprint density at radius 2 is 2.00 bits per heavy atom. The van der Waals surface area contributed by atoms with Gasteiger partial charge in [0.15, 0.2) is 0 Å². The molecule has 0 amide bonds. The molecule has 3 rings (SSSR count). The van der Waals surface area contributed by atoms with E-state index in [-0.39, 0.29) is 12.6 Å². The molecule has 23 heavy (non-hydrogen) atoms. The molecule has 2 N–H and O–H groups in total. The first-order chi connectivity index (χ1) is 11.1. The monoisotopic (exact) mass is 327 g/mol. The summed E-state index contributed by atoms with van der Waals surface area (Å²) in [6.07, 6.45) is 0. The molecule has 0 spiro atoms. The number of benzene rings is 2. The van der Waals surface area contributed by atoms with Crippen LogP contribution in [0, 0.1) is 6.92 Å². The van der Waals surface area contributed by atoms with Gasteiger partial charge in [0.25, 0.3) is 0 Å². The second kappa shape index (κ2) is 6.52. The summed E-state index contributed by atoms with van der Waals surface area (Å²) < 4.78 is 0. The number of aromatic nitrogens is 2. The van der Waals surface area contributed by atoms with Crippen LogP contribution in [0.2, 0.25) is 5.02 Å². The lowest BCUT2D eigenvalue weighted by Gasteiger charge is -2.17. The molecule has 0 aliphatic carbocycles. The van der Waals surface area contributed by atoms with E-state index in [0.29, 0.717) is 10.8 Å². The Kier molecular flexibility index (Phi) is 4.46. The number of nitrogens with zero attached hydrogens (tertiary/aromatic N) is 2. The van der Waals surface area contributed by atoms with Crippen LogP contribution in [0.5, 0.6) is 0 Å². The van der Waals surface area contributed by atoms with Gasteiger partial charge in [0, 0.05) is 10.4 Å². The van der Waals surface area contributed by atoms with Gasteiger partial charge in [-0.3, -0.25) is 0 Å². The van der Waals surface area contributed by atoms with Crippen LogP contribution in [0.25, 0.3) is 10.9 Å². The smallest absolute Gasteiger partial charge is 0.138 e. The summed E-state index contributed by atoms with van der Waals surface area (Å²) in [5, 5.41) is 14.4. The fourth-order valence-electron chi connectivity index (χ4n) is 2.56. The van der Waals surface area contributed by atoms with Crippen molar-refractivity contribution in [2.24, 2.45) is 0 Å². The van der Waals surface area contributed by atoms with Gasteiger partial charge >= 0.3 is 0 Å². The zero-order valence-corrected chi connectivity index (χ0v) is 13.8. The zero-order valence-electron chi connectivity index (χ0n) is 13.0. The molecule has 0 saturated heterocycles. The van der Waals surface area contributed by atoms with Gasteiger partial charge in [0.1, 0.15) is 11.6 Å². The predicted octanol–water partition coefficient (Wildman–Crippen LogP) is 4.26. The summed E-state index contributed by atoms with van der Waals surface area (Å²) >= 11 is 6.07. The lowest BCUT2D eigenvalue weighted by Crippen LogP contribution is -2.09. The molecule has 1 heterocycles. The van der Waals surface area contributed by atoms with E-state index in [0.717, 1.165) is 27.8 Å². The van der Waals surface area contributed by atoms with Gasteiger partial charge in [-0.05, 0) is 49.2 Å². The van der Waals surface area contributed by atoms with Crippen molar-refractivity contribution in [3.05, 3.63) is 64.4 Å². The third-order valence-corrected chi connectivity index (χ3v) is 3.99. The van der Waals surface area contributed by atoms with E-state index in [2.05, 4.69) is 22.2 Å². The minimum absolute atomic E-state index is 0.00684. The van der Waals surface area contributed by atoms with Crippen molar-refractivity contribution in [3.8, 4) is 0 Å². The molecular weight excluding hydrogens is 310 g/mol. The number of hydrogen-bond donors (Lipinski definition) is 2. The number of aliphatic hydroxyl groups is 1. The minimum Gasteiger partial charge on any atom is -0.392 e. The average molecular weight is 328 g/mol. The second-order valence-corrected chi connectivity index (χ2v) is 5.99. The maximum absolute atomic E-state index is 9.36. The molecule has 1 aromatic heterocycles. The zero-order chi connectivity index (χ0) is 16.4. The molecule has 0 aliphatic rings. The van der Waals surface area contributed by atoms with Crippen molar-refractivity contribution < 1.29 is 5.11 Å². The maximum Gasteiger partial charge on any atom is 0.138 e. The van der Waals surface area contributed by atoms with Crippen molar-refractivity contribution in [3.63, 3.8) is 0 Å².